The van der Waals surface area contributed by atoms with Gasteiger partial charge in [0, 0.05) is 32.2 Å². The fraction of sp³-hybridized carbons (Fsp3) is 0.394. The van der Waals surface area contributed by atoms with Crippen molar-refractivity contribution in [1.29, 1.82) is 0 Å². The first-order valence-corrected chi connectivity index (χ1v) is 14.2. The number of benzene rings is 3. The van der Waals surface area contributed by atoms with Gasteiger partial charge in [-0.1, -0.05) is 62.2 Å². The van der Waals surface area contributed by atoms with Gasteiger partial charge >= 0.3 is 0 Å². The molecule has 0 unspecified atom stereocenters. The lowest BCUT2D eigenvalue weighted by Gasteiger charge is -2.39. The number of rotatable bonds is 10. The largest absolute Gasteiger partial charge is 0.493 e. The first kappa shape index (κ1) is 27.7. The van der Waals surface area contributed by atoms with Crippen molar-refractivity contribution in [2.24, 2.45) is 0 Å². The van der Waals surface area contributed by atoms with Gasteiger partial charge in [0.05, 0.1) is 37.1 Å². The number of methoxy groups -OCH3 is 2. The van der Waals surface area contributed by atoms with Crippen molar-refractivity contribution in [3.63, 3.8) is 0 Å². The van der Waals surface area contributed by atoms with E-state index in [0.29, 0.717) is 35.1 Å². The zero-order chi connectivity index (χ0) is 28.2. The van der Waals surface area contributed by atoms with E-state index >= 15 is 0 Å². The molecule has 3 aromatic rings. The van der Waals surface area contributed by atoms with Crippen LogP contribution in [0.15, 0.2) is 66.7 Å². The number of hydrogen-bond donors (Lipinski definition) is 0. The molecule has 2 aliphatic heterocycles. The summed E-state index contributed by atoms with van der Waals surface area (Å²) in [6.07, 6.45) is 2.54. The van der Waals surface area contributed by atoms with Gasteiger partial charge < -0.3 is 14.4 Å². The summed E-state index contributed by atoms with van der Waals surface area (Å²) in [7, 11) is 3.19. The highest BCUT2D eigenvalue weighted by Crippen LogP contribution is 2.41. The Kier molecular flexibility index (Phi) is 8.40. The molecule has 210 valence electrons. The lowest BCUT2D eigenvalue weighted by Crippen LogP contribution is -2.47. The number of anilines is 1. The second-order valence-corrected chi connectivity index (χ2v) is 10.6. The molecule has 2 atom stereocenters. The van der Waals surface area contributed by atoms with Gasteiger partial charge in [0.25, 0.3) is 11.8 Å². The molecule has 7 nitrogen and oxygen atoms in total. The normalized spacial score (nSPS) is 17.1. The number of nitrogens with zero attached hydrogens (tertiary/aromatic N) is 3. The molecular weight excluding hydrogens is 502 g/mol. The van der Waals surface area contributed by atoms with Gasteiger partial charge in [0.2, 0.25) is 0 Å². The van der Waals surface area contributed by atoms with Crippen LogP contribution in [0.3, 0.4) is 0 Å². The summed E-state index contributed by atoms with van der Waals surface area (Å²) >= 11 is 0. The first-order chi connectivity index (χ1) is 19.5. The number of unbranched alkanes of at least 4 members (excludes halogenated alkanes) is 1. The number of piperazine rings is 1. The van der Waals surface area contributed by atoms with Crippen molar-refractivity contribution in [3.05, 3.63) is 89.0 Å². The fourth-order valence-corrected chi connectivity index (χ4v) is 6.03. The van der Waals surface area contributed by atoms with E-state index in [1.807, 2.05) is 36.4 Å². The van der Waals surface area contributed by atoms with Crippen LogP contribution in [0.2, 0.25) is 0 Å². The van der Waals surface area contributed by atoms with Crippen molar-refractivity contribution in [2.45, 2.75) is 45.2 Å². The van der Waals surface area contributed by atoms with Gasteiger partial charge in [-0.2, -0.15) is 0 Å². The Hall–Kier alpha value is -3.84. The number of imide groups is 1. The smallest absolute Gasteiger partial charge is 0.264 e. The van der Waals surface area contributed by atoms with E-state index in [2.05, 4.69) is 47.9 Å². The Morgan fingerprint density at radius 2 is 1.52 bits per heavy atom. The molecule has 3 aromatic carbocycles. The summed E-state index contributed by atoms with van der Waals surface area (Å²) in [5.41, 5.74) is 4.04. The van der Waals surface area contributed by atoms with Crippen LogP contribution >= 0.6 is 0 Å². The lowest BCUT2D eigenvalue weighted by atomic mass is 9.98. The van der Waals surface area contributed by atoms with Crippen LogP contribution in [0.5, 0.6) is 11.5 Å². The average molecular weight is 542 g/mol. The SMILES string of the molecule is CCCC[C@H](c1ccc(OC)c(OC)c1)N1C(=O)c2cccc(N3CCN([C@H](C)c4ccccc4)CC3)c2C1=O. The molecule has 7 heteroatoms. The summed E-state index contributed by atoms with van der Waals surface area (Å²) in [6.45, 7) is 7.72. The van der Waals surface area contributed by atoms with E-state index in [0.717, 1.165) is 50.3 Å². The van der Waals surface area contributed by atoms with Crippen LogP contribution in [-0.2, 0) is 0 Å². The van der Waals surface area contributed by atoms with E-state index in [1.54, 1.807) is 20.3 Å². The molecule has 0 bridgehead atoms. The average Bonchev–Trinajstić information content (AvgIpc) is 3.26. The quantitative estimate of drug-likeness (QED) is 0.289. The van der Waals surface area contributed by atoms with Crippen molar-refractivity contribution in [3.8, 4) is 11.5 Å². The van der Waals surface area contributed by atoms with E-state index in [1.165, 1.54) is 10.5 Å². The minimum absolute atomic E-state index is 0.216. The summed E-state index contributed by atoms with van der Waals surface area (Å²) in [5, 5.41) is 0. The molecule has 0 N–H and O–H groups in total. The molecule has 1 saturated heterocycles. The van der Waals surface area contributed by atoms with Crippen LogP contribution in [-0.4, -0.2) is 62.0 Å². The molecule has 0 aliphatic carbocycles. The zero-order valence-corrected chi connectivity index (χ0v) is 23.9. The van der Waals surface area contributed by atoms with Crippen LogP contribution < -0.4 is 14.4 Å². The van der Waals surface area contributed by atoms with Crippen LogP contribution in [0, 0.1) is 0 Å². The summed E-state index contributed by atoms with van der Waals surface area (Å²) < 4.78 is 11.0. The molecule has 0 radical (unpaired) electrons. The monoisotopic (exact) mass is 541 g/mol. The maximum Gasteiger partial charge on any atom is 0.264 e. The summed E-state index contributed by atoms with van der Waals surface area (Å²) in [6, 6.07) is 21.8. The third-order valence-electron chi connectivity index (χ3n) is 8.34. The molecule has 0 saturated carbocycles. The lowest BCUT2D eigenvalue weighted by molar-refractivity contribution is 0.0572. The Morgan fingerprint density at radius 3 is 2.20 bits per heavy atom. The fourth-order valence-electron chi connectivity index (χ4n) is 6.03. The molecule has 40 heavy (non-hydrogen) atoms. The van der Waals surface area contributed by atoms with Crippen LogP contribution in [0.25, 0.3) is 0 Å². The second kappa shape index (κ2) is 12.1. The Morgan fingerprint density at radius 1 is 0.800 bits per heavy atom. The van der Waals surface area contributed by atoms with Crippen molar-refractivity contribution in [2.75, 3.05) is 45.3 Å². The molecule has 2 aliphatic rings. The van der Waals surface area contributed by atoms with Crippen molar-refractivity contribution >= 4 is 17.5 Å². The number of carbonyl (C=O) groups is 2. The van der Waals surface area contributed by atoms with E-state index in [9.17, 15) is 9.59 Å². The molecule has 2 heterocycles. The highest BCUT2D eigenvalue weighted by molar-refractivity contribution is 6.24. The van der Waals surface area contributed by atoms with Crippen LogP contribution in [0.1, 0.15) is 77.0 Å². The van der Waals surface area contributed by atoms with E-state index in [4.69, 9.17) is 9.47 Å². The number of carbonyl (C=O) groups excluding carboxylic acids is 2. The van der Waals surface area contributed by atoms with E-state index < -0.39 is 0 Å². The van der Waals surface area contributed by atoms with Crippen LogP contribution in [0.4, 0.5) is 5.69 Å². The maximum absolute atomic E-state index is 14.1. The summed E-state index contributed by atoms with van der Waals surface area (Å²) in [4.78, 5) is 34.1. The van der Waals surface area contributed by atoms with Gasteiger partial charge in [0.15, 0.2) is 11.5 Å². The minimum atomic E-state index is -0.386. The molecule has 5 rings (SSSR count). The third kappa shape index (κ3) is 5.18. The predicted molar refractivity (Wildman–Crippen MR) is 157 cm³/mol. The number of amides is 2. The molecule has 2 amide bonds. The molecule has 0 aromatic heterocycles. The highest BCUT2D eigenvalue weighted by atomic mass is 16.5. The second-order valence-electron chi connectivity index (χ2n) is 10.6. The molecule has 0 spiro atoms. The van der Waals surface area contributed by atoms with Gasteiger partial charge in [-0.25, -0.2) is 0 Å². The molecule has 1 fully saturated rings. The predicted octanol–water partition coefficient (Wildman–Crippen LogP) is 6.11. The number of fused-ring (bicyclic) bond motifs is 1. The Labute approximate surface area is 237 Å². The van der Waals surface area contributed by atoms with Crippen molar-refractivity contribution < 1.29 is 19.1 Å². The Bertz CT molecular complexity index is 1350. The van der Waals surface area contributed by atoms with Gasteiger partial charge in [-0.3, -0.25) is 19.4 Å². The highest BCUT2D eigenvalue weighted by Gasteiger charge is 2.43. The van der Waals surface area contributed by atoms with Gasteiger partial charge in [0.1, 0.15) is 0 Å². The zero-order valence-electron chi connectivity index (χ0n) is 23.9. The van der Waals surface area contributed by atoms with Gasteiger partial charge in [-0.15, -0.1) is 0 Å². The third-order valence-corrected chi connectivity index (χ3v) is 8.34. The standard InChI is InChI=1S/C33H39N3O4/c1-5-6-14-27(25-16-17-29(39-3)30(22-25)40-4)36-32(37)26-13-10-15-28(31(26)33(36)38)35-20-18-34(19-21-35)23(2)24-11-8-7-9-12-24/h7-13,15-17,22-23,27H,5-6,14,18-21H2,1-4H3/t23-,27-/m1/s1. The van der Waals surface area contributed by atoms with Crippen molar-refractivity contribution in [1.82, 2.24) is 9.80 Å². The van der Waals surface area contributed by atoms with Gasteiger partial charge in [-0.05, 0) is 48.7 Å². The maximum atomic E-state index is 14.1. The summed E-state index contributed by atoms with van der Waals surface area (Å²) in [5.74, 6) is 0.757. The number of ether oxygens (including phenoxy) is 2. The minimum Gasteiger partial charge on any atom is -0.493 e. The first-order valence-electron chi connectivity index (χ1n) is 14.2. The topological polar surface area (TPSA) is 62.3 Å². The number of hydrogen-bond acceptors (Lipinski definition) is 6. The molecular formula is C33H39N3O4. The van der Waals surface area contributed by atoms with E-state index in [-0.39, 0.29) is 17.9 Å². The Balaban J connectivity index is 1.40.